The maximum atomic E-state index is 12.5. The van der Waals surface area contributed by atoms with Gasteiger partial charge in [-0.2, -0.15) is 4.98 Å². The molecule has 9 heteroatoms. The topological polar surface area (TPSA) is 56.5 Å². The smallest absolute Gasteiger partial charge is 0.273 e. The fourth-order valence-corrected chi connectivity index (χ4v) is 2.74. The van der Waals surface area contributed by atoms with Crippen LogP contribution in [0.5, 0.6) is 5.88 Å². The highest BCUT2D eigenvalue weighted by Gasteiger charge is 2.18. The highest BCUT2D eigenvalue weighted by molar-refractivity contribution is 6.39. The lowest BCUT2D eigenvalue weighted by Gasteiger charge is -2.14. The lowest BCUT2D eigenvalue weighted by atomic mass is 10.1. The largest absolute Gasteiger partial charge is 0.470 e. The molecule has 0 saturated heterocycles. The van der Waals surface area contributed by atoms with E-state index in [1.807, 2.05) is 0 Å². The number of nitrogens with zero attached hydrogens (tertiary/aromatic N) is 3. The molecule has 3 rings (SSSR count). The predicted octanol–water partition coefficient (Wildman–Crippen LogP) is 3.71. The van der Waals surface area contributed by atoms with Gasteiger partial charge in [-0.05, 0) is 18.2 Å². The van der Waals surface area contributed by atoms with Crippen molar-refractivity contribution >= 4 is 28.7 Å². The van der Waals surface area contributed by atoms with Crippen LogP contribution in [0.15, 0.2) is 41.5 Å². The molecule has 0 N–H and O–H groups in total. The van der Waals surface area contributed by atoms with E-state index >= 15 is 0 Å². The fourth-order valence-electron chi connectivity index (χ4n) is 2.14. The standard InChI is InChI=1S/C15H9Cl2F2N3O2/c16-10-2-1-3-11(17)14(10)9-4-8-5-13(23)20-7-22(8)21-15(9)24-6-12(18)19/h1-5,7,12H,6H2. The Morgan fingerprint density at radius 1 is 1.21 bits per heavy atom. The number of rotatable bonds is 4. The molecule has 0 spiro atoms. The average Bonchev–Trinajstić information content (AvgIpc) is 2.52. The number of hydrogen-bond acceptors (Lipinski definition) is 4. The molecular weight excluding hydrogens is 363 g/mol. The molecule has 2 heterocycles. The van der Waals surface area contributed by atoms with Gasteiger partial charge in [-0.3, -0.25) is 4.79 Å². The van der Waals surface area contributed by atoms with Gasteiger partial charge in [0.15, 0.2) is 6.61 Å². The molecule has 3 aromatic rings. The minimum Gasteiger partial charge on any atom is -0.470 e. The van der Waals surface area contributed by atoms with Crippen molar-refractivity contribution < 1.29 is 13.5 Å². The van der Waals surface area contributed by atoms with Crippen LogP contribution in [0.25, 0.3) is 16.6 Å². The molecule has 0 bridgehead atoms. The highest BCUT2D eigenvalue weighted by Crippen LogP contribution is 2.39. The fraction of sp³-hybridized carbons (Fsp3) is 0.133. The molecule has 2 aromatic heterocycles. The van der Waals surface area contributed by atoms with Crippen LogP contribution in [0, 0.1) is 0 Å². The Morgan fingerprint density at radius 2 is 1.92 bits per heavy atom. The van der Waals surface area contributed by atoms with Crippen LogP contribution in [0.1, 0.15) is 0 Å². The summed E-state index contributed by atoms with van der Waals surface area (Å²) in [5.41, 5.74) is 0.612. The Bertz CT molecular complexity index is 943. The first-order chi connectivity index (χ1) is 11.5. The van der Waals surface area contributed by atoms with Crippen molar-refractivity contribution in [2.75, 3.05) is 6.61 Å². The lowest BCUT2D eigenvalue weighted by Crippen LogP contribution is -2.13. The molecule has 0 fully saturated rings. The van der Waals surface area contributed by atoms with Crippen LogP contribution in [0.2, 0.25) is 10.0 Å². The van der Waals surface area contributed by atoms with Crippen LogP contribution < -0.4 is 10.3 Å². The van der Waals surface area contributed by atoms with Gasteiger partial charge in [0.05, 0.1) is 21.1 Å². The van der Waals surface area contributed by atoms with E-state index < -0.39 is 18.6 Å². The maximum absolute atomic E-state index is 12.5. The second kappa shape index (κ2) is 6.70. The third-order valence-corrected chi connectivity index (χ3v) is 3.76. The van der Waals surface area contributed by atoms with E-state index in [2.05, 4.69) is 10.1 Å². The quantitative estimate of drug-likeness (QED) is 0.701. The average molecular weight is 372 g/mol. The van der Waals surface area contributed by atoms with Gasteiger partial charge in [-0.25, -0.2) is 13.3 Å². The van der Waals surface area contributed by atoms with Crippen molar-refractivity contribution in [1.29, 1.82) is 0 Å². The first kappa shape index (κ1) is 16.6. The SMILES string of the molecule is O=c1cc2cc(-c3c(Cl)cccc3Cl)c(OCC(F)F)nn2cn1. The van der Waals surface area contributed by atoms with Gasteiger partial charge < -0.3 is 4.74 Å². The van der Waals surface area contributed by atoms with Crippen LogP contribution in [0.4, 0.5) is 8.78 Å². The van der Waals surface area contributed by atoms with Crippen LogP contribution in [0.3, 0.4) is 0 Å². The minimum atomic E-state index is -2.68. The normalized spacial score (nSPS) is 11.2. The summed E-state index contributed by atoms with van der Waals surface area (Å²) in [4.78, 5) is 15.0. The van der Waals surface area contributed by atoms with Gasteiger partial charge in [0, 0.05) is 11.6 Å². The Labute approximate surface area is 144 Å². The monoisotopic (exact) mass is 371 g/mol. The van der Waals surface area contributed by atoms with Crippen molar-refractivity contribution in [2.45, 2.75) is 6.43 Å². The second-order valence-corrected chi connectivity index (χ2v) is 5.57. The first-order valence-corrected chi connectivity index (χ1v) is 7.46. The van der Waals surface area contributed by atoms with Gasteiger partial charge in [-0.15, -0.1) is 5.10 Å². The number of halogens is 4. The summed E-state index contributed by atoms with van der Waals surface area (Å²) in [5, 5.41) is 4.69. The molecule has 124 valence electrons. The molecule has 0 atom stereocenters. The summed E-state index contributed by atoms with van der Waals surface area (Å²) in [5.74, 6) is -0.0942. The molecule has 0 unspecified atom stereocenters. The van der Waals surface area contributed by atoms with Crippen molar-refractivity contribution in [2.24, 2.45) is 0 Å². The minimum absolute atomic E-state index is 0.0942. The molecule has 1 aromatic carbocycles. The van der Waals surface area contributed by atoms with Gasteiger partial charge in [0.2, 0.25) is 5.88 Å². The van der Waals surface area contributed by atoms with E-state index in [1.54, 1.807) is 18.2 Å². The molecule has 0 radical (unpaired) electrons. The summed E-state index contributed by atoms with van der Waals surface area (Å²) in [7, 11) is 0. The number of benzene rings is 1. The van der Waals surface area contributed by atoms with Gasteiger partial charge >= 0.3 is 0 Å². The molecule has 0 aliphatic rings. The first-order valence-electron chi connectivity index (χ1n) is 6.71. The molecule has 0 amide bonds. The van der Waals surface area contributed by atoms with Crippen LogP contribution in [-0.2, 0) is 0 Å². The van der Waals surface area contributed by atoms with Crippen LogP contribution >= 0.6 is 23.2 Å². The Morgan fingerprint density at radius 3 is 2.58 bits per heavy atom. The predicted molar refractivity (Wildman–Crippen MR) is 86.2 cm³/mol. The van der Waals surface area contributed by atoms with Crippen molar-refractivity contribution in [1.82, 2.24) is 14.6 Å². The summed E-state index contributed by atoms with van der Waals surface area (Å²) < 4.78 is 31.4. The number of aromatic nitrogens is 3. The van der Waals surface area contributed by atoms with E-state index in [0.29, 0.717) is 26.7 Å². The molecule has 0 aliphatic carbocycles. The number of ether oxygens (including phenoxy) is 1. The molecule has 5 nitrogen and oxygen atoms in total. The molecule has 0 aliphatic heterocycles. The van der Waals surface area contributed by atoms with Crippen LogP contribution in [-0.4, -0.2) is 27.6 Å². The summed E-state index contributed by atoms with van der Waals surface area (Å²) in [6, 6.07) is 7.63. The van der Waals surface area contributed by atoms with Gasteiger partial charge in [-0.1, -0.05) is 29.3 Å². The zero-order valence-corrected chi connectivity index (χ0v) is 13.4. The van der Waals surface area contributed by atoms with Gasteiger partial charge in [0.1, 0.15) is 6.33 Å². The zero-order valence-electron chi connectivity index (χ0n) is 11.9. The van der Waals surface area contributed by atoms with E-state index in [-0.39, 0.29) is 5.88 Å². The Hall–Kier alpha value is -2.25. The van der Waals surface area contributed by atoms with E-state index in [1.165, 1.54) is 23.0 Å². The van der Waals surface area contributed by atoms with Gasteiger partial charge in [0.25, 0.3) is 12.0 Å². The number of fused-ring (bicyclic) bond motifs is 1. The lowest BCUT2D eigenvalue weighted by molar-refractivity contribution is 0.0793. The maximum Gasteiger partial charge on any atom is 0.273 e. The third-order valence-electron chi connectivity index (χ3n) is 3.13. The van der Waals surface area contributed by atoms with E-state index in [4.69, 9.17) is 27.9 Å². The molecule has 24 heavy (non-hydrogen) atoms. The Balaban J connectivity index is 2.26. The third kappa shape index (κ3) is 3.32. The number of hydrogen-bond donors (Lipinski definition) is 0. The summed E-state index contributed by atoms with van der Waals surface area (Å²) >= 11 is 12.4. The highest BCUT2D eigenvalue weighted by atomic mass is 35.5. The zero-order chi connectivity index (χ0) is 17.3. The van der Waals surface area contributed by atoms with Crippen molar-refractivity contribution in [3.05, 3.63) is 57.1 Å². The second-order valence-electron chi connectivity index (χ2n) is 4.76. The van der Waals surface area contributed by atoms with Crippen molar-refractivity contribution in [3.8, 4) is 17.0 Å². The van der Waals surface area contributed by atoms with Crippen molar-refractivity contribution in [3.63, 3.8) is 0 Å². The number of alkyl halides is 2. The Kier molecular flexibility index (Phi) is 4.64. The van der Waals surface area contributed by atoms with E-state index in [9.17, 15) is 13.6 Å². The summed E-state index contributed by atoms with van der Waals surface area (Å²) in [6.45, 7) is -0.846. The summed E-state index contributed by atoms with van der Waals surface area (Å²) in [6.07, 6.45) is -1.51. The van der Waals surface area contributed by atoms with E-state index in [0.717, 1.165) is 0 Å². The molecule has 0 saturated carbocycles. The molecular formula is C15H9Cl2F2N3O2.